The monoisotopic (exact) mass is 797 g/mol. The number of nitriles is 6. The van der Waals surface area contributed by atoms with Crippen LogP contribution in [0.2, 0.25) is 0 Å². The molecule has 0 saturated heterocycles. The van der Waals surface area contributed by atoms with Gasteiger partial charge in [0.2, 0.25) is 0 Å². The molecule has 0 bridgehead atoms. The van der Waals surface area contributed by atoms with E-state index in [1.807, 2.05) is 24.3 Å². The molecule has 3 rings (SSSR count). The summed E-state index contributed by atoms with van der Waals surface area (Å²) in [5.74, 6) is 0.784. The lowest BCUT2D eigenvalue weighted by atomic mass is 10.1. The number of aliphatic hydroxyl groups is 4. The molecule has 0 amide bonds. The molecule has 0 aliphatic carbocycles. The second-order valence-electron chi connectivity index (χ2n) is 8.76. The van der Waals surface area contributed by atoms with E-state index in [4.69, 9.17) is 70.9 Å². The van der Waals surface area contributed by atoms with Crippen molar-refractivity contribution in [2.24, 2.45) is 0 Å². The number of benzene rings is 3. The average molecular weight is 798 g/mol. The predicted octanol–water partition coefficient (Wildman–Crippen LogP) is 5.64. The minimum Gasteiger partial charge on any atom is -0.467 e. The first-order valence-electron chi connectivity index (χ1n) is 14.6. The largest absolute Gasteiger partial charge is 0.467 e. The molecule has 0 heterocycles. The van der Waals surface area contributed by atoms with Gasteiger partial charge in [-0.05, 0) is 42.5 Å². The van der Waals surface area contributed by atoms with Crippen LogP contribution in [0.25, 0.3) is 0 Å². The minimum atomic E-state index is -0.750. The van der Waals surface area contributed by atoms with Gasteiger partial charge >= 0.3 is 0 Å². The number of aliphatic hydroxyl groups excluding tert-OH is 3. The van der Waals surface area contributed by atoms with Gasteiger partial charge in [0, 0.05) is 12.1 Å². The fourth-order valence-corrected chi connectivity index (χ4v) is 2.92. The topological polar surface area (TPSA) is 322 Å². The van der Waals surface area contributed by atoms with E-state index in [0.29, 0.717) is 11.5 Å². The van der Waals surface area contributed by atoms with Crippen molar-refractivity contribution in [2.45, 2.75) is 50.0 Å². The Morgan fingerprint density at radius 2 is 0.825 bits per heavy atom. The number of hydrogen-bond donors (Lipinski definition) is 4. The Bertz CT molecular complexity index is 1700. The highest BCUT2D eigenvalue weighted by atomic mass is 16.8. The second-order valence-corrected chi connectivity index (χ2v) is 8.76. The maximum Gasteiger partial charge on any atom is 0.270 e. The Labute approximate surface area is 334 Å². The summed E-state index contributed by atoms with van der Waals surface area (Å²) in [6, 6.07) is 23.7. The van der Waals surface area contributed by atoms with Gasteiger partial charge in [0.15, 0.2) is 27.2 Å². The Kier molecular flexibility index (Phi) is 45.9. The second kappa shape index (κ2) is 42.0. The molecule has 3 aromatic rings. The molecular weight excluding hydrogens is 746 g/mol. The molecule has 0 aliphatic heterocycles. The van der Waals surface area contributed by atoms with Crippen molar-refractivity contribution in [2.75, 3.05) is 47.6 Å². The molecule has 4 N–H and O–H groups in total. The van der Waals surface area contributed by atoms with Crippen LogP contribution in [0.1, 0.15) is 83.4 Å². The van der Waals surface area contributed by atoms with Crippen molar-refractivity contribution in [1.82, 2.24) is 0 Å². The zero-order valence-corrected chi connectivity index (χ0v) is 28.5. The molecule has 57 heavy (non-hydrogen) atoms. The number of hydrogen-bond acceptors (Lipinski definition) is 18. The van der Waals surface area contributed by atoms with Crippen LogP contribution in [0, 0.1) is 78.1 Å². The molecule has 0 spiro atoms. The van der Waals surface area contributed by atoms with Gasteiger partial charge < -0.3 is 48.8 Å². The van der Waals surface area contributed by atoms with Crippen LogP contribution in [0.3, 0.4) is 0 Å². The van der Waals surface area contributed by atoms with Crippen LogP contribution in [-0.4, -0.2) is 72.9 Å². The third-order valence-electron chi connectivity index (χ3n) is 5.05. The van der Waals surface area contributed by atoms with Gasteiger partial charge in [-0.1, -0.05) is 50.0 Å². The van der Waals surface area contributed by atoms with Crippen LogP contribution >= 0.6 is 0 Å². The number of nitro benzene ring substituents is 1. The van der Waals surface area contributed by atoms with E-state index >= 15 is 0 Å². The first kappa shape index (κ1) is 62.3. The van der Waals surface area contributed by atoms with E-state index < -0.39 is 11.7 Å². The molecule has 0 saturated carbocycles. The number of rotatable bonds is 13. The molecule has 0 radical (unpaired) electrons. The lowest BCUT2D eigenvalue weighted by Crippen LogP contribution is -2.10. The van der Waals surface area contributed by atoms with E-state index in [9.17, 15) is 10.1 Å². The summed E-state index contributed by atoms with van der Waals surface area (Å²) in [6.07, 6.45) is 1.25. The van der Waals surface area contributed by atoms with Crippen molar-refractivity contribution in [3.05, 3.63) is 98.1 Å². The fraction of sp³-hybridized carbons (Fsp3) is 0.368. The maximum atomic E-state index is 10.3. The lowest BCUT2D eigenvalue weighted by Gasteiger charge is -2.10. The Balaban J connectivity index is -0.000000181. The summed E-state index contributed by atoms with van der Waals surface area (Å²) < 4.78 is 29.3. The molecule has 0 unspecified atom stereocenters. The van der Waals surface area contributed by atoms with E-state index in [0.717, 1.165) is 6.07 Å². The van der Waals surface area contributed by atoms with Crippen molar-refractivity contribution in [3.63, 3.8) is 0 Å². The number of ether oxygens (including phenoxy) is 6. The average Bonchev–Trinajstić information content (AvgIpc) is 3.18. The third kappa shape index (κ3) is 28.4. The summed E-state index contributed by atoms with van der Waals surface area (Å²) >= 11 is 0. The molecule has 310 valence electrons. The SMILES string of the molecule is C.C.C.C.CCC.N#Cc1ccc(OCOCOCOc2ccc(C#N)c(C#N)c2)cc1C#N.N#Cc1ccc([N+](=O)[O-])cc1C#N.OCO.OCOCOCO. The molecule has 0 atom stereocenters. The van der Waals surface area contributed by atoms with E-state index in [1.54, 1.807) is 24.3 Å². The van der Waals surface area contributed by atoms with Crippen molar-refractivity contribution < 1.29 is 53.8 Å². The Morgan fingerprint density at radius 1 is 0.526 bits per heavy atom. The number of nitrogens with zero attached hydrogens (tertiary/aromatic N) is 7. The highest BCUT2D eigenvalue weighted by Crippen LogP contribution is 2.18. The molecule has 3 aromatic carbocycles. The van der Waals surface area contributed by atoms with Crippen molar-refractivity contribution >= 4 is 5.69 Å². The molecule has 19 heteroatoms. The standard InChI is InChI=1S/C19H12N4O4.C8H3N3O2.C3H8O4.C3H8.CH4O2.4CH4/c20-7-14-1-3-18(5-16(14)9-22)26-12-24-11-25-13-27-19-4-2-15(8-21)17(6-19)10-23;9-4-6-1-2-8(11(12)13)3-7(6)5-10;4-1-6-3-7-2-5;1-3-2;2-1-3;;;;/h1-6H,11-13H2;1-3H;4-5H,1-3H2;3H2,1-2H3;2-3H,1H2;4*1H4. The summed E-state index contributed by atoms with van der Waals surface area (Å²) in [5, 5.41) is 93.0. The van der Waals surface area contributed by atoms with Crippen LogP contribution in [0.5, 0.6) is 11.5 Å². The van der Waals surface area contributed by atoms with Gasteiger partial charge in [-0.3, -0.25) is 10.1 Å². The number of nitro groups is 1. The maximum absolute atomic E-state index is 10.3. The van der Waals surface area contributed by atoms with Gasteiger partial charge in [0.1, 0.15) is 68.3 Å². The zero-order chi connectivity index (χ0) is 40.3. The predicted molar refractivity (Wildman–Crippen MR) is 206 cm³/mol. The van der Waals surface area contributed by atoms with Gasteiger partial charge in [-0.15, -0.1) is 0 Å². The van der Waals surface area contributed by atoms with E-state index in [-0.39, 0.29) is 110 Å². The van der Waals surface area contributed by atoms with Crippen molar-refractivity contribution in [1.29, 1.82) is 31.6 Å². The highest BCUT2D eigenvalue weighted by Gasteiger charge is 2.09. The van der Waals surface area contributed by atoms with Crippen LogP contribution in [0.15, 0.2) is 54.6 Å². The molecule has 0 fully saturated rings. The highest BCUT2D eigenvalue weighted by molar-refractivity contribution is 5.52. The molecule has 0 aromatic heterocycles. The molecule has 19 nitrogen and oxygen atoms in total. The van der Waals surface area contributed by atoms with Gasteiger partial charge in [0.25, 0.3) is 5.69 Å². The van der Waals surface area contributed by atoms with Crippen LogP contribution in [0.4, 0.5) is 5.69 Å². The van der Waals surface area contributed by atoms with Gasteiger partial charge in [-0.25, -0.2) is 0 Å². The zero-order valence-electron chi connectivity index (χ0n) is 28.5. The first-order chi connectivity index (χ1) is 25.6. The minimum absolute atomic E-state index is 0. The summed E-state index contributed by atoms with van der Waals surface area (Å²) in [6.45, 7) is 2.34. The molecular formula is C38H51N7O12. The smallest absolute Gasteiger partial charge is 0.270 e. The number of non-ortho nitro benzene ring substituents is 1. The van der Waals surface area contributed by atoms with E-state index in [1.165, 1.54) is 42.8 Å². The Hall–Kier alpha value is -6.72. The van der Waals surface area contributed by atoms with Crippen molar-refractivity contribution in [3.8, 4) is 47.9 Å². The van der Waals surface area contributed by atoms with Crippen LogP contribution < -0.4 is 9.47 Å². The summed E-state index contributed by atoms with van der Waals surface area (Å²) in [5.41, 5.74) is 0.972. The summed E-state index contributed by atoms with van der Waals surface area (Å²) in [7, 11) is 0. The molecule has 0 aliphatic rings. The fourth-order valence-electron chi connectivity index (χ4n) is 2.92. The quantitative estimate of drug-likeness (QED) is 0.0703. The lowest BCUT2D eigenvalue weighted by molar-refractivity contribution is -0.384. The third-order valence-corrected chi connectivity index (χ3v) is 5.05. The van der Waals surface area contributed by atoms with Gasteiger partial charge in [-0.2, -0.15) is 31.6 Å². The Morgan fingerprint density at radius 3 is 1.12 bits per heavy atom. The summed E-state index contributed by atoms with van der Waals surface area (Å²) in [4.78, 5) is 9.67. The van der Waals surface area contributed by atoms with Crippen LogP contribution in [-0.2, 0) is 18.9 Å². The normalized spacial score (nSPS) is 8.14. The van der Waals surface area contributed by atoms with Gasteiger partial charge in [0.05, 0.1) is 38.3 Å². The first-order valence-corrected chi connectivity index (χ1v) is 14.6. The van der Waals surface area contributed by atoms with E-state index in [2.05, 4.69) is 23.3 Å².